The average Bonchev–Trinajstić information content (AvgIpc) is 2.75. The van der Waals surface area contributed by atoms with Crippen LogP contribution in [-0.4, -0.2) is 102 Å². The summed E-state index contributed by atoms with van der Waals surface area (Å²) in [6, 6.07) is 2.33. The number of amides is 1. The van der Waals surface area contributed by atoms with Crippen LogP contribution in [0, 0.1) is 0 Å². The van der Waals surface area contributed by atoms with Crippen molar-refractivity contribution in [1.29, 1.82) is 0 Å². The molecular weight excluding hydrogens is 578 g/mol. The van der Waals surface area contributed by atoms with Crippen molar-refractivity contribution in [2.75, 3.05) is 44.9 Å². The number of halogens is 2. The second kappa shape index (κ2) is 10.2. The van der Waals surface area contributed by atoms with Crippen LogP contribution < -0.4 is 4.74 Å². The first kappa shape index (κ1) is 31.2. The Labute approximate surface area is 228 Å². The van der Waals surface area contributed by atoms with E-state index in [1.165, 1.54) is 28.0 Å². The molecule has 3 rings (SSSR count). The first-order valence-electron chi connectivity index (χ1n) is 11.8. The van der Waals surface area contributed by atoms with Crippen molar-refractivity contribution >= 4 is 35.4 Å². The molecule has 1 aromatic carbocycles. The molecule has 1 aliphatic heterocycles. The summed E-state index contributed by atoms with van der Waals surface area (Å²) >= 11 is 0. The van der Waals surface area contributed by atoms with E-state index in [2.05, 4.69) is 0 Å². The molecule has 0 spiro atoms. The van der Waals surface area contributed by atoms with Gasteiger partial charge >= 0.3 is 0 Å². The predicted molar refractivity (Wildman–Crippen MR) is 142 cm³/mol. The lowest BCUT2D eigenvalue weighted by atomic mass is 10.0. The molecule has 0 atom stereocenters. The maximum absolute atomic E-state index is 15.2. The van der Waals surface area contributed by atoms with E-state index in [1.54, 1.807) is 20.8 Å². The van der Waals surface area contributed by atoms with Crippen LogP contribution in [0.15, 0.2) is 46.9 Å². The summed E-state index contributed by atoms with van der Waals surface area (Å²) in [6.07, 6.45) is 3.01. The van der Waals surface area contributed by atoms with E-state index in [0.717, 1.165) is 6.26 Å². The lowest BCUT2D eigenvalue weighted by molar-refractivity contribution is 0.0576. The van der Waals surface area contributed by atoms with Gasteiger partial charge < -0.3 is 9.64 Å². The van der Waals surface area contributed by atoms with Gasteiger partial charge in [0.15, 0.2) is 29.5 Å². The van der Waals surface area contributed by atoms with Crippen LogP contribution in [0.4, 0.5) is 8.78 Å². The van der Waals surface area contributed by atoms with E-state index >= 15 is 8.78 Å². The molecule has 1 heterocycles. The molecule has 218 valence electrons. The smallest absolute Gasteiger partial charge is 0.257 e. The van der Waals surface area contributed by atoms with Gasteiger partial charge in [0.25, 0.3) is 5.91 Å². The second-order valence-corrected chi connectivity index (χ2v) is 17.4. The largest absolute Gasteiger partial charge is 0.487 e. The summed E-state index contributed by atoms with van der Waals surface area (Å²) in [5.41, 5.74) is -0.676. The molecule has 0 N–H and O–H groups in total. The molecule has 1 fully saturated rings. The topological polar surface area (TPSA) is 135 Å². The number of hydrogen-bond acceptors (Lipinski definition) is 9. The Morgan fingerprint density at radius 2 is 1.38 bits per heavy atom. The number of ether oxygens (including phenoxy) is 1. The minimum Gasteiger partial charge on any atom is -0.487 e. The molecule has 1 saturated heterocycles. The molecule has 2 aliphatic rings. The highest BCUT2D eigenvalue weighted by Gasteiger charge is 2.52. The van der Waals surface area contributed by atoms with Crippen molar-refractivity contribution in [2.45, 2.75) is 41.4 Å². The molecule has 1 aromatic rings. The fourth-order valence-electron chi connectivity index (χ4n) is 4.45. The maximum Gasteiger partial charge on any atom is 0.257 e. The van der Waals surface area contributed by atoms with E-state index in [9.17, 15) is 30.0 Å². The van der Waals surface area contributed by atoms with Gasteiger partial charge in [0, 0.05) is 44.9 Å². The van der Waals surface area contributed by atoms with Crippen LogP contribution in [0.25, 0.3) is 0 Å². The molecule has 0 radical (unpaired) electrons. The maximum atomic E-state index is 15.2. The number of benzene rings is 1. The minimum atomic E-state index is -4.49. The summed E-state index contributed by atoms with van der Waals surface area (Å²) in [7, 11) is -12.6. The third kappa shape index (κ3) is 6.36. The standard InChI is InChI=1S/C24H32F2N2O8S3/c1-23(2,3)36-20-8-7-16(37(4,30)31)13-17(20)22(29)28-11-9-27(10-12-28)21-18(25)14-24(15-19(21)26,38(5,32)33)39(6,34)35/h7-8,13-15,21H,9-12H2,1-6H3. The van der Waals surface area contributed by atoms with Crippen LogP contribution in [0.2, 0.25) is 0 Å². The van der Waals surface area contributed by atoms with E-state index in [-0.39, 0.29) is 42.4 Å². The summed E-state index contributed by atoms with van der Waals surface area (Å²) in [5.74, 6) is -2.90. The number of piperazine rings is 1. The van der Waals surface area contributed by atoms with Gasteiger partial charge in [0.05, 0.1) is 10.5 Å². The number of hydrogen-bond donors (Lipinski definition) is 0. The van der Waals surface area contributed by atoms with Crippen LogP contribution >= 0.6 is 0 Å². The Kier molecular flexibility index (Phi) is 8.18. The summed E-state index contributed by atoms with van der Waals surface area (Å²) in [6.45, 7) is 5.22. The SMILES string of the molecule is CC(C)(C)Oc1ccc(S(C)(=O)=O)cc1C(=O)N1CCN(C2C(F)=CC(S(C)(=O)=O)(S(C)(=O)=O)C=C2F)CC1. The molecule has 0 bridgehead atoms. The van der Waals surface area contributed by atoms with Gasteiger partial charge in [-0.25, -0.2) is 34.0 Å². The Morgan fingerprint density at radius 3 is 1.79 bits per heavy atom. The second-order valence-electron chi connectivity index (χ2n) is 10.7. The van der Waals surface area contributed by atoms with E-state index in [1.807, 2.05) is 0 Å². The molecule has 10 nitrogen and oxygen atoms in total. The number of carbonyl (C=O) groups is 1. The zero-order valence-corrected chi connectivity index (χ0v) is 24.9. The Balaban J connectivity index is 1.87. The van der Waals surface area contributed by atoms with Crippen LogP contribution in [0.5, 0.6) is 5.75 Å². The van der Waals surface area contributed by atoms with Gasteiger partial charge in [-0.3, -0.25) is 9.69 Å². The van der Waals surface area contributed by atoms with Crippen molar-refractivity contribution in [2.24, 2.45) is 0 Å². The Hall–Kier alpha value is -2.36. The molecule has 39 heavy (non-hydrogen) atoms. The minimum absolute atomic E-state index is 0.00273. The summed E-state index contributed by atoms with van der Waals surface area (Å²) in [5, 5.41) is 0. The number of rotatable bonds is 6. The first-order chi connectivity index (χ1) is 17.6. The van der Waals surface area contributed by atoms with Gasteiger partial charge in [-0.2, -0.15) is 0 Å². The van der Waals surface area contributed by atoms with Gasteiger partial charge in [-0.1, -0.05) is 0 Å². The zero-order chi connectivity index (χ0) is 29.8. The third-order valence-corrected chi connectivity index (χ3v) is 12.1. The predicted octanol–water partition coefficient (Wildman–Crippen LogP) is 1.90. The highest BCUT2D eigenvalue weighted by Crippen LogP contribution is 2.39. The van der Waals surface area contributed by atoms with E-state index in [0.29, 0.717) is 24.7 Å². The molecule has 0 unspecified atom stereocenters. The Bertz CT molecular complexity index is 1500. The lowest BCUT2D eigenvalue weighted by Crippen LogP contribution is -2.54. The molecule has 1 aliphatic carbocycles. The molecule has 1 amide bonds. The normalized spacial score (nSPS) is 19.8. The molecular formula is C24H32F2N2O8S3. The number of nitrogens with zero attached hydrogens (tertiary/aromatic N) is 2. The van der Waals surface area contributed by atoms with Gasteiger partial charge in [-0.15, -0.1) is 0 Å². The van der Waals surface area contributed by atoms with Crippen molar-refractivity contribution in [3.05, 3.63) is 47.6 Å². The highest BCUT2D eigenvalue weighted by atomic mass is 32.3. The van der Waals surface area contributed by atoms with E-state index in [4.69, 9.17) is 4.74 Å². The van der Waals surface area contributed by atoms with Crippen LogP contribution in [0.1, 0.15) is 31.1 Å². The fraction of sp³-hybridized carbons (Fsp3) is 0.542. The molecule has 15 heteroatoms. The molecule has 0 saturated carbocycles. The highest BCUT2D eigenvalue weighted by molar-refractivity contribution is 8.10. The average molecular weight is 611 g/mol. The van der Waals surface area contributed by atoms with Gasteiger partial charge in [0.2, 0.25) is 4.08 Å². The van der Waals surface area contributed by atoms with Gasteiger partial charge in [-0.05, 0) is 51.1 Å². The van der Waals surface area contributed by atoms with Crippen molar-refractivity contribution < 1.29 is 43.6 Å². The summed E-state index contributed by atoms with van der Waals surface area (Å²) < 4.78 is 107. The van der Waals surface area contributed by atoms with Gasteiger partial charge in [0.1, 0.15) is 29.0 Å². The zero-order valence-electron chi connectivity index (χ0n) is 22.4. The first-order valence-corrected chi connectivity index (χ1v) is 17.5. The molecule has 0 aromatic heterocycles. The van der Waals surface area contributed by atoms with E-state index < -0.39 is 62.8 Å². The third-order valence-electron chi connectivity index (χ3n) is 6.35. The van der Waals surface area contributed by atoms with Crippen LogP contribution in [0.3, 0.4) is 0 Å². The van der Waals surface area contributed by atoms with Crippen LogP contribution in [-0.2, 0) is 29.5 Å². The monoisotopic (exact) mass is 610 g/mol. The van der Waals surface area contributed by atoms with Crippen molar-refractivity contribution in [1.82, 2.24) is 9.80 Å². The Morgan fingerprint density at radius 1 is 0.897 bits per heavy atom. The summed E-state index contributed by atoms with van der Waals surface area (Å²) in [4.78, 5) is 16.1. The number of carbonyl (C=O) groups excluding carboxylic acids is 1. The lowest BCUT2D eigenvalue weighted by Gasteiger charge is -2.40. The fourth-order valence-corrected chi connectivity index (χ4v) is 8.60. The quantitative estimate of drug-likeness (QED) is 0.473. The van der Waals surface area contributed by atoms with Crippen molar-refractivity contribution in [3.8, 4) is 5.75 Å². The number of sulfone groups is 3. The van der Waals surface area contributed by atoms with Crippen molar-refractivity contribution in [3.63, 3.8) is 0 Å².